The van der Waals surface area contributed by atoms with Crippen LogP contribution in [0.1, 0.15) is 17.4 Å². The zero-order chi connectivity index (χ0) is 18.5. The monoisotopic (exact) mass is 360 g/mol. The van der Waals surface area contributed by atoms with Gasteiger partial charge in [0.15, 0.2) is 11.5 Å². The molecule has 0 bridgehead atoms. The number of nitrogens with zero attached hydrogens (tertiary/aromatic N) is 3. The van der Waals surface area contributed by atoms with Gasteiger partial charge >= 0.3 is 6.03 Å². The van der Waals surface area contributed by atoms with E-state index in [1.165, 1.54) is 0 Å². The number of morpholine rings is 1. The van der Waals surface area contributed by atoms with Crippen molar-refractivity contribution in [3.8, 4) is 11.5 Å². The number of imidazole rings is 1. The van der Waals surface area contributed by atoms with E-state index in [0.29, 0.717) is 43.6 Å². The van der Waals surface area contributed by atoms with E-state index in [4.69, 9.17) is 14.2 Å². The Balaban J connectivity index is 1.97. The number of aromatic nitrogens is 2. The van der Waals surface area contributed by atoms with Crippen molar-refractivity contribution < 1.29 is 19.0 Å². The van der Waals surface area contributed by atoms with Crippen LogP contribution in [0.2, 0.25) is 0 Å². The van der Waals surface area contributed by atoms with E-state index in [1.54, 1.807) is 25.3 Å². The summed E-state index contributed by atoms with van der Waals surface area (Å²) in [6.07, 6.45) is 3.55. The summed E-state index contributed by atoms with van der Waals surface area (Å²) >= 11 is 0. The predicted molar refractivity (Wildman–Crippen MR) is 95.5 cm³/mol. The first kappa shape index (κ1) is 18.1. The second kappa shape index (κ2) is 8.09. The maximum absolute atomic E-state index is 12.8. The van der Waals surface area contributed by atoms with Crippen LogP contribution in [0.5, 0.6) is 11.5 Å². The van der Waals surface area contributed by atoms with E-state index >= 15 is 0 Å². The van der Waals surface area contributed by atoms with Crippen molar-refractivity contribution in [3.63, 3.8) is 0 Å². The van der Waals surface area contributed by atoms with Gasteiger partial charge in [-0.05, 0) is 6.07 Å². The number of carbonyl (C=O) groups excluding carboxylic acids is 1. The van der Waals surface area contributed by atoms with Crippen molar-refractivity contribution in [2.45, 2.75) is 6.04 Å². The van der Waals surface area contributed by atoms with E-state index < -0.39 is 6.04 Å². The zero-order valence-electron chi connectivity index (χ0n) is 15.3. The molecule has 1 aliphatic heterocycles. The molecule has 0 radical (unpaired) electrons. The number of hydrogen-bond donors (Lipinski definition) is 1. The third-order valence-electron chi connectivity index (χ3n) is 4.43. The molecule has 0 saturated carbocycles. The van der Waals surface area contributed by atoms with Crippen molar-refractivity contribution in [2.24, 2.45) is 7.05 Å². The molecule has 1 atom stereocenters. The van der Waals surface area contributed by atoms with E-state index in [9.17, 15) is 4.79 Å². The Labute approximate surface area is 152 Å². The maximum atomic E-state index is 12.8. The third-order valence-corrected chi connectivity index (χ3v) is 4.43. The number of amides is 2. The lowest BCUT2D eigenvalue weighted by Crippen LogP contribution is -2.47. The van der Waals surface area contributed by atoms with Crippen LogP contribution in [0.25, 0.3) is 0 Å². The van der Waals surface area contributed by atoms with Crippen molar-refractivity contribution in [2.75, 3.05) is 40.5 Å². The summed E-state index contributed by atoms with van der Waals surface area (Å²) in [6, 6.07) is 4.96. The number of benzene rings is 1. The first-order valence-electron chi connectivity index (χ1n) is 8.47. The number of urea groups is 1. The summed E-state index contributed by atoms with van der Waals surface area (Å²) in [6.45, 7) is 2.22. The van der Waals surface area contributed by atoms with Crippen LogP contribution in [0.3, 0.4) is 0 Å². The van der Waals surface area contributed by atoms with E-state index in [1.807, 2.05) is 36.0 Å². The molecule has 1 aliphatic rings. The van der Waals surface area contributed by atoms with Crippen LogP contribution < -0.4 is 14.8 Å². The fourth-order valence-electron chi connectivity index (χ4n) is 3.06. The molecule has 1 unspecified atom stereocenters. The highest BCUT2D eigenvalue weighted by atomic mass is 16.5. The minimum atomic E-state index is -0.476. The van der Waals surface area contributed by atoms with Gasteiger partial charge in [-0.15, -0.1) is 0 Å². The van der Waals surface area contributed by atoms with Crippen LogP contribution in [-0.2, 0) is 11.8 Å². The molecular formula is C18H24N4O4. The van der Waals surface area contributed by atoms with Crippen LogP contribution in [0.15, 0.2) is 30.6 Å². The topological polar surface area (TPSA) is 77.9 Å². The van der Waals surface area contributed by atoms with Gasteiger partial charge in [-0.3, -0.25) is 0 Å². The Morgan fingerprint density at radius 3 is 2.65 bits per heavy atom. The molecule has 8 heteroatoms. The second-order valence-electron chi connectivity index (χ2n) is 5.96. The van der Waals surface area contributed by atoms with Gasteiger partial charge in [0, 0.05) is 38.1 Å². The van der Waals surface area contributed by atoms with Gasteiger partial charge < -0.3 is 29.0 Å². The number of rotatable bonds is 5. The Morgan fingerprint density at radius 2 is 2.04 bits per heavy atom. The molecule has 2 aromatic rings. The molecule has 3 rings (SSSR count). The Morgan fingerprint density at radius 1 is 1.27 bits per heavy atom. The molecule has 140 valence electrons. The SMILES string of the molecule is COc1cccc(C(NC(=O)N2CCOCC2)c2nccn2C)c1OC. The van der Waals surface area contributed by atoms with E-state index in [-0.39, 0.29) is 6.03 Å². The predicted octanol–water partition coefficient (Wildman–Crippen LogP) is 1.57. The fourth-order valence-corrected chi connectivity index (χ4v) is 3.06. The number of para-hydroxylation sites is 1. The lowest BCUT2D eigenvalue weighted by molar-refractivity contribution is 0.0527. The number of aryl methyl sites for hydroxylation is 1. The van der Waals surface area contributed by atoms with Crippen LogP contribution in [-0.4, -0.2) is 61.0 Å². The lowest BCUT2D eigenvalue weighted by atomic mass is 10.0. The average Bonchev–Trinajstić information content (AvgIpc) is 3.11. The van der Waals surface area contributed by atoms with Gasteiger partial charge in [0.25, 0.3) is 0 Å². The van der Waals surface area contributed by atoms with Gasteiger partial charge in [-0.25, -0.2) is 9.78 Å². The molecule has 8 nitrogen and oxygen atoms in total. The Bertz CT molecular complexity index is 755. The molecule has 1 saturated heterocycles. The first-order valence-corrected chi connectivity index (χ1v) is 8.47. The van der Waals surface area contributed by atoms with Gasteiger partial charge in [-0.2, -0.15) is 0 Å². The third kappa shape index (κ3) is 3.60. The zero-order valence-corrected chi connectivity index (χ0v) is 15.3. The smallest absolute Gasteiger partial charge is 0.318 e. The van der Waals surface area contributed by atoms with Crippen molar-refractivity contribution >= 4 is 6.03 Å². The molecule has 1 fully saturated rings. The summed E-state index contributed by atoms with van der Waals surface area (Å²) < 4.78 is 18.2. The number of ether oxygens (including phenoxy) is 3. The molecule has 1 aromatic carbocycles. The highest BCUT2D eigenvalue weighted by molar-refractivity contribution is 5.75. The van der Waals surface area contributed by atoms with Gasteiger partial charge in [0.2, 0.25) is 0 Å². The van der Waals surface area contributed by atoms with Crippen LogP contribution in [0.4, 0.5) is 4.79 Å². The molecule has 2 amide bonds. The summed E-state index contributed by atoms with van der Waals surface area (Å²) in [5.41, 5.74) is 0.780. The molecule has 0 spiro atoms. The molecule has 1 aromatic heterocycles. The van der Waals surface area contributed by atoms with Crippen molar-refractivity contribution in [3.05, 3.63) is 42.0 Å². The second-order valence-corrected chi connectivity index (χ2v) is 5.96. The molecule has 1 N–H and O–H groups in total. The molecule has 2 heterocycles. The Hall–Kier alpha value is -2.74. The molecule has 26 heavy (non-hydrogen) atoms. The molecule has 0 aliphatic carbocycles. The largest absolute Gasteiger partial charge is 0.493 e. The number of hydrogen-bond acceptors (Lipinski definition) is 5. The Kier molecular flexibility index (Phi) is 5.62. The number of nitrogens with one attached hydrogen (secondary N) is 1. The minimum Gasteiger partial charge on any atom is -0.493 e. The number of methoxy groups -OCH3 is 2. The minimum absolute atomic E-state index is 0.161. The quantitative estimate of drug-likeness (QED) is 0.876. The maximum Gasteiger partial charge on any atom is 0.318 e. The summed E-state index contributed by atoms with van der Waals surface area (Å²) in [4.78, 5) is 19.0. The molecular weight excluding hydrogens is 336 g/mol. The lowest BCUT2D eigenvalue weighted by Gasteiger charge is -2.30. The summed E-state index contributed by atoms with van der Waals surface area (Å²) in [5, 5.41) is 3.08. The highest BCUT2D eigenvalue weighted by Crippen LogP contribution is 2.36. The van der Waals surface area contributed by atoms with Gasteiger partial charge in [0.1, 0.15) is 11.9 Å². The van der Waals surface area contributed by atoms with E-state index in [0.717, 1.165) is 5.56 Å². The first-order chi connectivity index (χ1) is 12.7. The average molecular weight is 360 g/mol. The fraction of sp³-hybridized carbons (Fsp3) is 0.444. The summed E-state index contributed by atoms with van der Waals surface area (Å²) in [7, 11) is 5.06. The van der Waals surface area contributed by atoms with E-state index in [2.05, 4.69) is 10.3 Å². The van der Waals surface area contributed by atoms with Crippen molar-refractivity contribution in [1.82, 2.24) is 19.8 Å². The standard InChI is InChI=1S/C18H24N4O4/c1-21-8-7-19-17(21)15(20-18(23)22-9-11-26-12-10-22)13-5-4-6-14(24-2)16(13)25-3/h4-8,15H,9-12H2,1-3H3,(H,20,23). The van der Waals surface area contributed by atoms with Crippen molar-refractivity contribution in [1.29, 1.82) is 0 Å². The highest BCUT2D eigenvalue weighted by Gasteiger charge is 2.28. The van der Waals surface area contributed by atoms with Crippen LogP contribution in [0, 0.1) is 0 Å². The van der Waals surface area contributed by atoms with Crippen LogP contribution >= 0.6 is 0 Å². The number of carbonyl (C=O) groups is 1. The van der Waals surface area contributed by atoms with Gasteiger partial charge in [-0.1, -0.05) is 12.1 Å². The normalized spacial score (nSPS) is 15.4. The van der Waals surface area contributed by atoms with Gasteiger partial charge in [0.05, 0.1) is 27.4 Å². The summed E-state index contributed by atoms with van der Waals surface area (Å²) in [5.74, 6) is 1.88.